The monoisotopic (exact) mass is 399 g/mol. The van der Waals surface area contributed by atoms with Crippen molar-refractivity contribution in [2.24, 2.45) is 0 Å². The van der Waals surface area contributed by atoms with Gasteiger partial charge in [-0.05, 0) is 36.0 Å². The minimum Gasteiger partial charge on any atom is -0.396 e. The number of hydrogen-bond acceptors (Lipinski definition) is 4. The van der Waals surface area contributed by atoms with E-state index in [0.717, 1.165) is 18.4 Å². The number of aromatic nitrogens is 2. The summed E-state index contributed by atoms with van der Waals surface area (Å²) in [7, 11) is 0. The first-order valence-corrected chi connectivity index (χ1v) is 9.90. The van der Waals surface area contributed by atoms with E-state index in [1.807, 2.05) is 6.07 Å². The molecule has 1 aromatic carbocycles. The molecule has 1 heterocycles. The van der Waals surface area contributed by atoms with E-state index < -0.39 is 11.9 Å². The smallest absolute Gasteiger partial charge is 0.396 e. The van der Waals surface area contributed by atoms with Gasteiger partial charge in [0.25, 0.3) is 0 Å². The van der Waals surface area contributed by atoms with E-state index in [1.54, 1.807) is 11.9 Å². The molecule has 0 saturated heterocycles. The summed E-state index contributed by atoms with van der Waals surface area (Å²) in [6.07, 6.45) is -1.29. The van der Waals surface area contributed by atoms with Gasteiger partial charge in [-0.2, -0.15) is 18.3 Å². The fourth-order valence-electron chi connectivity index (χ4n) is 3.36. The molecule has 0 aliphatic heterocycles. The average molecular weight is 399 g/mol. The highest BCUT2D eigenvalue weighted by atomic mass is 32.2. The molecule has 0 spiro atoms. The van der Waals surface area contributed by atoms with Gasteiger partial charge in [-0.15, -0.1) is 0 Å². The number of nitrogens with zero attached hydrogens (tertiary/aromatic N) is 2. The number of halogens is 3. The molecule has 0 fully saturated rings. The first-order valence-electron chi connectivity index (χ1n) is 9.02. The lowest BCUT2D eigenvalue weighted by molar-refractivity contribution is -0.142. The molecule has 1 aromatic heterocycles. The second kappa shape index (κ2) is 8.24. The van der Waals surface area contributed by atoms with Crippen LogP contribution in [0.4, 0.5) is 13.2 Å². The van der Waals surface area contributed by atoms with Crippen LogP contribution in [-0.4, -0.2) is 32.8 Å². The van der Waals surface area contributed by atoms with E-state index in [9.17, 15) is 13.2 Å². The maximum Gasteiger partial charge on any atom is 0.435 e. The Morgan fingerprint density at radius 1 is 1.30 bits per heavy atom. The summed E-state index contributed by atoms with van der Waals surface area (Å²) in [5.74, 6) is 0. The van der Waals surface area contributed by atoms with Crippen LogP contribution in [0.2, 0.25) is 0 Å². The molecule has 2 aromatic rings. The Kier molecular flexibility index (Phi) is 6.18. The molecule has 8 heteroatoms. The Bertz CT molecular complexity index is 789. The number of aliphatic hydroxyl groups excluding tert-OH is 1. The molecule has 3 rings (SSSR count). The lowest BCUT2D eigenvalue weighted by Crippen LogP contribution is -2.24. The SMILES string of the molecule is CC(C)SNC1Cc2ccc(Cn3cc(CCO)c(C(F)(F)F)n3)cc2C1. The number of hydrogen-bond donors (Lipinski definition) is 2. The molecule has 1 unspecified atom stereocenters. The van der Waals surface area contributed by atoms with Crippen LogP contribution >= 0.6 is 11.9 Å². The number of alkyl halides is 3. The second-order valence-corrected chi connectivity index (χ2v) is 8.58. The molecule has 1 aliphatic rings. The fourth-order valence-corrected chi connectivity index (χ4v) is 3.99. The third kappa shape index (κ3) is 5.06. The van der Waals surface area contributed by atoms with E-state index in [-0.39, 0.29) is 25.1 Å². The van der Waals surface area contributed by atoms with E-state index in [2.05, 4.69) is 35.8 Å². The standard InChI is InChI=1S/C19H24F3N3OS/c1-12(2)27-24-17-8-14-4-3-13(7-16(14)9-17)10-25-11-15(5-6-26)18(23-25)19(20,21)22/h3-4,7,11-12,17,24,26H,5-6,8-10H2,1-2H3. The Hall–Kier alpha value is -1.51. The third-order valence-electron chi connectivity index (χ3n) is 4.51. The first kappa shape index (κ1) is 20.2. The van der Waals surface area contributed by atoms with Gasteiger partial charge in [0.15, 0.2) is 5.69 Å². The molecule has 1 aliphatic carbocycles. The Morgan fingerprint density at radius 3 is 2.70 bits per heavy atom. The Morgan fingerprint density at radius 2 is 2.04 bits per heavy atom. The largest absolute Gasteiger partial charge is 0.435 e. The Labute approximate surface area is 161 Å². The van der Waals surface area contributed by atoms with Crippen molar-refractivity contribution >= 4 is 11.9 Å². The van der Waals surface area contributed by atoms with Crippen molar-refractivity contribution in [1.29, 1.82) is 0 Å². The molecular formula is C19H24F3N3OS. The maximum absolute atomic E-state index is 13.1. The molecule has 0 bridgehead atoms. The predicted molar refractivity (Wildman–Crippen MR) is 101 cm³/mol. The average Bonchev–Trinajstić information content (AvgIpc) is 3.16. The molecule has 148 valence electrons. The number of fused-ring (bicyclic) bond motifs is 1. The van der Waals surface area contributed by atoms with Crippen LogP contribution in [0.25, 0.3) is 0 Å². The predicted octanol–water partition coefficient (Wildman–Crippen LogP) is 3.60. The van der Waals surface area contributed by atoms with Crippen molar-refractivity contribution < 1.29 is 18.3 Å². The lowest BCUT2D eigenvalue weighted by Gasteiger charge is -2.12. The van der Waals surface area contributed by atoms with Crippen molar-refractivity contribution in [3.05, 3.63) is 52.3 Å². The van der Waals surface area contributed by atoms with Gasteiger partial charge in [0, 0.05) is 29.7 Å². The van der Waals surface area contributed by atoms with Gasteiger partial charge in [0.2, 0.25) is 0 Å². The van der Waals surface area contributed by atoms with Gasteiger partial charge >= 0.3 is 6.18 Å². The minimum atomic E-state index is -4.51. The summed E-state index contributed by atoms with van der Waals surface area (Å²) < 4.78 is 44.1. The highest BCUT2D eigenvalue weighted by Gasteiger charge is 2.36. The zero-order valence-electron chi connectivity index (χ0n) is 15.4. The summed E-state index contributed by atoms with van der Waals surface area (Å²) in [4.78, 5) is 0. The van der Waals surface area contributed by atoms with Crippen LogP contribution in [0, 0.1) is 0 Å². The quantitative estimate of drug-likeness (QED) is 0.699. The normalized spacial score (nSPS) is 16.9. The van der Waals surface area contributed by atoms with Gasteiger partial charge < -0.3 is 5.11 Å². The van der Waals surface area contributed by atoms with Crippen LogP contribution in [0.1, 0.15) is 41.8 Å². The molecule has 0 radical (unpaired) electrons. The summed E-state index contributed by atoms with van der Waals surface area (Å²) >= 11 is 1.73. The summed E-state index contributed by atoms with van der Waals surface area (Å²) in [5, 5.41) is 13.2. The summed E-state index contributed by atoms with van der Waals surface area (Å²) in [5.41, 5.74) is 2.58. The molecular weight excluding hydrogens is 375 g/mol. The lowest BCUT2D eigenvalue weighted by atomic mass is 10.1. The van der Waals surface area contributed by atoms with Crippen LogP contribution in [-0.2, 0) is 32.0 Å². The van der Waals surface area contributed by atoms with Gasteiger partial charge in [-0.25, -0.2) is 0 Å². The molecule has 0 amide bonds. The zero-order valence-corrected chi connectivity index (χ0v) is 16.2. The van der Waals surface area contributed by atoms with Crippen LogP contribution in [0.3, 0.4) is 0 Å². The van der Waals surface area contributed by atoms with Crippen LogP contribution in [0.15, 0.2) is 24.4 Å². The summed E-state index contributed by atoms with van der Waals surface area (Å²) in [6.45, 7) is 4.22. The highest BCUT2D eigenvalue weighted by Crippen LogP contribution is 2.31. The number of nitrogens with one attached hydrogen (secondary N) is 1. The van der Waals surface area contributed by atoms with Crippen molar-refractivity contribution in [1.82, 2.24) is 14.5 Å². The topological polar surface area (TPSA) is 50.1 Å². The van der Waals surface area contributed by atoms with Crippen molar-refractivity contribution in [3.63, 3.8) is 0 Å². The number of rotatable bonds is 7. The van der Waals surface area contributed by atoms with Gasteiger partial charge in [-0.3, -0.25) is 9.40 Å². The van der Waals surface area contributed by atoms with E-state index >= 15 is 0 Å². The van der Waals surface area contributed by atoms with Gasteiger partial charge in [0.05, 0.1) is 6.54 Å². The van der Waals surface area contributed by atoms with Crippen molar-refractivity contribution in [2.75, 3.05) is 6.61 Å². The maximum atomic E-state index is 13.1. The van der Waals surface area contributed by atoms with Gasteiger partial charge in [0.1, 0.15) is 0 Å². The van der Waals surface area contributed by atoms with E-state index in [0.29, 0.717) is 11.3 Å². The van der Waals surface area contributed by atoms with E-state index in [1.165, 1.54) is 22.0 Å². The molecule has 4 nitrogen and oxygen atoms in total. The highest BCUT2D eigenvalue weighted by molar-refractivity contribution is 7.98. The third-order valence-corrected chi connectivity index (χ3v) is 5.45. The number of aliphatic hydroxyl groups is 1. The van der Waals surface area contributed by atoms with Crippen LogP contribution < -0.4 is 4.72 Å². The first-order chi connectivity index (χ1) is 12.8. The fraction of sp³-hybridized carbons (Fsp3) is 0.526. The molecule has 0 saturated carbocycles. The molecule has 27 heavy (non-hydrogen) atoms. The van der Waals surface area contributed by atoms with Gasteiger partial charge in [-0.1, -0.05) is 44.0 Å². The van der Waals surface area contributed by atoms with Crippen molar-refractivity contribution in [2.45, 2.75) is 57.1 Å². The number of benzene rings is 1. The summed E-state index contributed by atoms with van der Waals surface area (Å²) in [6, 6.07) is 6.48. The molecule has 2 N–H and O–H groups in total. The van der Waals surface area contributed by atoms with Crippen molar-refractivity contribution in [3.8, 4) is 0 Å². The second-order valence-electron chi connectivity index (χ2n) is 7.16. The Balaban J connectivity index is 1.72. The van der Waals surface area contributed by atoms with E-state index in [4.69, 9.17) is 5.11 Å². The zero-order chi connectivity index (χ0) is 19.6. The minimum absolute atomic E-state index is 0.0288. The van der Waals surface area contributed by atoms with Crippen LogP contribution in [0.5, 0.6) is 0 Å². The molecule has 1 atom stereocenters.